The molecule has 0 saturated carbocycles. The lowest BCUT2D eigenvalue weighted by Crippen LogP contribution is -2.41. The lowest BCUT2D eigenvalue weighted by atomic mass is 9.97. The summed E-state index contributed by atoms with van der Waals surface area (Å²) in [5.74, 6) is 1.93. The standard InChI is InChI=1S/C21H37N7O/c1-2-20-26-25-18-28(20)13-11-24-21(22-9-8-19-6-4-3-5-7-19)23-10-12-27-14-16-29-17-15-27/h6,18H,2-5,7-17H2,1H3,(H2,22,23,24). The normalized spacial score (nSPS) is 18.5. The number of nitrogens with one attached hydrogen (secondary N) is 2. The summed E-state index contributed by atoms with van der Waals surface area (Å²) >= 11 is 0. The second-order valence-corrected chi connectivity index (χ2v) is 7.69. The van der Waals surface area contributed by atoms with E-state index in [1.54, 1.807) is 11.9 Å². The SMILES string of the molecule is CCc1nncn1CCNC(=NCCN1CCOCC1)NCCC1=CCCCC1. The van der Waals surface area contributed by atoms with Crippen molar-refractivity contribution in [3.8, 4) is 0 Å². The average molecular weight is 404 g/mol. The molecular weight excluding hydrogens is 366 g/mol. The molecule has 2 aliphatic rings. The Kier molecular flexibility index (Phi) is 9.45. The second-order valence-electron chi connectivity index (χ2n) is 7.69. The van der Waals surface area contributed by atoms with Crippen LogP contribution in [-0.2, 0) is 17.7 Å². The van der Waals surface area contributed by atoms with Gasteiger partial charge < -0.3 is 19.9 Å². The van der Waals surface area contributed by atoms with Gasteiger partial charge in [0.05, 0.1) is 19.8 Å². The van der Waals surface area contributed by atoms with E-state index in [-0.39, 0.29) is 0 Å². The molecule has 8 nitrogen and oxygen atoms in total. The molecule has 3 rings (SSSR count). The number of guanidine groups is 1. The van der Waals surface area contributed by atoms with Crippen LogP contribution in [0.5, 0.6) is 0 Å². The molecule has 1 aromatic heterocycles. The Labute approximate surface area is 174 Å². The summed E-state index contributed by atoms with van der Waals surface area (Å²) in [7, 11) is 0. The molecule has 1 aliphatic heterocycles. The van der Waals surface area contributed by atoms with Crippen LogP contribution >= 0.6 is 0 Å². The number of ether oxygens (including phenoxy) is 1. The third-order valence-electron chi connectivity index (χ3n) is 5.57. The van der Waals surface area contributed by atoms with Crippen LogP contribution in [0.2, 0.25) is 0 Å². The van der Waals surface area contributed by atoms with Crippen LogP contribution in [0.25, 0.3) is 0 Å². The predicted octanol–water partition coefficient (Wildman–Crippen LogP) is 1.60. The van der Waals surface area contributed by atoms with E-state index in [4.69, 9.17) is 9.73 Å². The highest BCUT2D eigenvalue weighted by molar-refractivity contribution is 5.79. The maximum atomic E-state index is 5.43. The fraction of sp³-hybridized carbons (Fsp3) is 0.762. The largest absolute Gasteiger partial charge is 0.379 e. The van der Waals surface area contributed by atoms with Gasteiger partial charge in [0.25, 0.3) is 0 Å². The molecule has 162 valence electrons. The highest BCUT2D eigenvalue weighted by atomic mass is 16.5. The van der Waals surface area contributed by atoms with Crippen molar-refractivity contribution in [3.05, 3.63) is 23.8 Å². The Hall–Kier alpha value is -1.93. The van der Waals surface area contributed by atoms with Crippen LogP contribution < -0.4 is 10.6 Å². The fourth-order valence-corrected chi connectivity index (χ4v) is 3.81. The van der Waals surface area contributed by atoms with Gasteiger partial charge in [0.1, 0.15) is 12.2 Å². The van der Waals surface area contributed by atoms with Gasteiger partial charge in [-0.3, -0.25) is 9.89 Å². The molecule has 0 radical (unpaired) electrons. The molecule has 0 amide bonds. The number of hydrogen-bond acceptors (Lipinski definition) is 5. The molecule has 29 heavy (non-hydrogen) atoms. The highest BCUT2D eigenvalue weighted by Gasteiger charge is 2.10. The van der Waals surface area contributed by atoms with Crippen LogP contribution in [0.1, 0.15) is 44.9 Å². The number of aryl methyl sites for hydroxylation is 1. The minimum atomic E-state index is 0.796. The van der Waals surface area contributed by atoms with Gasteiger partial charge in [-0.1, -0.05) is 18.6 Å². The van der Waals surface area contributed by atoms with E-state index in [2.05, 4.69) is 43.3 Å². The third-order valence-corrected chi connectivity index (χ3v) is 5.57. The van der Waals surface area contributed by atoms with Crippen molar-refractivity contribution >= 4 is 5.96 Å². The van der Waals surface area contributed by atoms with Crippen LogP contribution in [0, 0.1) is 0 Å². The number of hydrogen-bond donors (Lipinski definition) is 2. The quantitative estimate of drug-likeness (QED) is 0.351. The smallest absolute Gasteiger partial charge is 0.191 e. The van der Waals surface area contributed by atoms with E-state index in [0.29, 0.717) is 0 Å². The van der Waals surface area contributed by atoms with Crippen molar-refractivity contribution in [1.29, 1.82) is 0 Å². The molecule has 1 saturated heterocycles. The molecule has 2 heterocycles. The fourth-order valence-electron chi connectivity index (χ4n) is 3.81. The number of aliphatic imine (C=N–C) groups is 1. The molecule has 2 N–H and O–H groups in total. The molecule has 0 spiro atoms. The summed E-state index contributed by atoms with van der Waals surface area (Å²) in [4.78, 5) is 7.23. The van der Waals surface area contributed by atoms with Gasteiger partial charge in [-0.2, -0.15) is 0 Å². The maximum absolute atomic E-state index is 5.43. The number of morpholine rings is 1. The summed E-state index contributed by atoms with van der Waals surface area (Å²) < 4.78 is 7.53. The molecular formula is C21H37N7O. The van der Waals surface area contributed by atoms with Gasteiger partial charge >= 0.3 is 0 Å². The van der Waals surface area contributed by atoms with Crippen molar-refractivity contribution in [2.75, 3.05) is 52.5 Å². The lowest BCUT2D eigenvalue weighted by molar-refractivity contribution is 0.0394. The van der Waals surface area contributed by atoms with Gasteiger partial charge in [0, 0.05) is 45.7 Å². The van der Waals surface area contributed by atoms with Crippen molar-refractivity contribution in [2.24, 2.45) is 4.99 Å². The van der Waals surface area contributed by atoms with Gasteiger partial charge in [-0.15, -0.1) is 10.2 Å². The van der Waals surface area contributed by atoms with Gasteiger partial charge in [-0.25, -0.2) is 0 Å². The predicted molar refractivity (Wildman–Crippen MR) is 116 cm³/mol. The molecule has 0 bridgehead atoms. The van der Waals surface area contributed by atoms with Crippen molar-refractivity contribution in [1.82, 2.24) is 30.3 Å². The molecule has 1 aliphatic carbocycles. The second kappa shape index (κ2) is 12.6. The summed E-state index contributed by atoms with van der Waals surface area (Å²) in [5.41, 5.74) is 1.59. The first kappa shape index (κ1) is 21.8. The van der Waals surface area contributed by atoms with Gasteiger partial charge in [0.15, 0.2) is 5.96 Å². The summed E-state index contributed by atoms with van der Waals surface area (Å²) in [6.45, 7) is 10.1. The lowest BCUT2D eigenvalue weighted by Gasteiger charge is -2.25. The summed E-state index contributed by atoms with van der Waals surface area (Å²) in [6.07, 6.45) is 11.4. The Balaban J connectivity index is 1.45. The Morgan fingerprint density at radius 2 is 2.03 bits per heavy atom. The zero-order valence-corrected chi connectivity index (χ0v) is 17.9. The molecule has 0 atom stereocenters. The van der Waals surface area contributed by atoms with Crippen LogP contribution in [0.3, 0.4) is 0 Å². The van der Waals surface area contributed by atoms with E-state index in [9.17, 15) is 0 Å². The van der Waals surface area contributed by atoms with E-state index in [1.807, 2.05) is 0 Å². The number of rotatable bonds is 10. The van der Waals surface area contributed by atoms with E-state index >= 15 is 0 Å². The van der Waals surface area contributed by atoms with E-state index < -0.39 is 0 Å². The minimum absolute atomic E-state index is 0.796. The zero-order chi connectivity index (χ0) is 20.2. The molecule has 0 unspecified atom stereocenters. The molecule has 1 aromatic rings. The van der Waals surface area contributed by atoms with Crippen LogP contribution in [-0.4, -0.2) is 78.1 Å². The Morgan fingerprint density at radius 1 is 1.17 bits per heavy atom. The highest BCUT2D eigenvalue weighted by Crippen LogP contribution is 2.19. The number of aromatic nitrogens is 3. The number of allylic oxidation sites excluding steroid dienone is 1. The van der Waals surface area contributed by atoms with Crippen LogP contribution in [0.4, 0.5) is 0 Å². The van der Waals surface area contributed by atoms with Crippen molar-refractivity contribution in [2.45, 2.75) is 52.0 Å². The third kappa shape index (κ3) is 7.78. The van der Waals surface area contributed by atoms with Crippen molar-refractivity contribution < 1.29 is 4.74 Å². The average Bonchev–Trinajstić information content (AvgIpc) is 3.22. The van der Waals surface area contributed by atoms with E-state index in [1.165, 1.54) is 25.7 Å². The van der Waals surface area contributed by atoms with Gasteiger partial charge in [0.2, 0.25) is 0 Å². The molecule has 8 heteroatoms. The van der Waals surface area contributed by atoms with Crippen LogP contribution in [0.15, 0.2) is 23.0 Å². The zero-order valence-electron chi connectivity index (χ0n) is 17.9. The van der Waals surface area contributed by atoms with Crippen molar-refractivity contribution in [3.63, 3.8) is 0 Å². The monoisotopic (exact) mass is 403 g/mol. The van der Waals surface area contributed by atoms with Gasteiger partial charge in [-0.05, 0) is 32.1 Å². The Morgan fingerprint density at radius 3 is 2.83 bits per heavy atom. The minimum Gasteiger partial charge on any atom is -0.379 e. The topological polar surface area (TPSA) is 79.6 Å². The molecule has 0 aromatic carbocycles. The maximum Gasteiger partial charge on any atom is 0.191 e. The molecule has 1 fully saturated rings. The first-order valence-corrected chi connectivity index (χ1v) is 11.2. The van der Waals surface area contributed by atoms with E-state index in [0.717, 1.165) is 83.7 Å². The number of nitrogens with zero attached hydrogens (tertiary/aromatic N) is 5. The Bertz CT molecular complexity index is 649. The summed E-state index contributed by atoms with van der Waals surface area (Å²) in [5, 5.41) is 15.2. The first-order chi connectivity index (χ1) is 14.3. The summed E-state index contributed by atoms with van der Waals surface area (Å²) in [6, 6.07) is 0. The first-order valence-electron chi connectivity index (χ1n) is 11.2.